The van der Waals surface area contributed by atoms with Crippen molar-refractivity contribution in [1.82, 2.24) is 0 Å². The van der Waals surface area contributed by atoms with Gasteiger partial charge in [-0.25, -0.2) is 0 Å². The Kier molecular flexibility index (Phi) is 4.58. The van der Waals surface area contributed by atoms with Gasteiger partial charge in [0.15, 0.2) is 0 Å². The second-order valence-electron chi connectivity index (χ2n) is 5.04. The molecule has 0 atom stereocenters. The zero-order valence-electron chi connectivity index (χ0n) is 11.6. The van der Waals surface area contributed by atoms with Crippen LogP contribution in [-0.4, -0.2) is 0 Å². The standard InChI is InChI=1S/C17H21NO/c1-13(2)16-7-4-8-17(10-16)19-12-15-6-3-5-14(9-15)11-18/h3-10,13H,11-12,18H2,1-2H3. The summed E-state index contributed by atoms with van der Waals surface area (Å²) in [5, 5.41) is 0. The van der Waals surface area contributed by atoms with Gasteiger partial charge < -0.3 is 10.5 Å². The van der Waals surface area contributed by atoms with Crippen molar-refractivity contribution in [3.05, 3.63) is 65.2 Å². The number of rotatable bonds is 5. The molecule has 0 aliphatic heterocycles. The second kappa shape index (κ2) is 6.39. The van der Waals surface area contributed by atoms with Crippen molar-refractivity contribution >= 4 is 0 Å². The number of hydrogen-bond donors (Lipinski definition) is 1. The van der Waals surface area contributed by atoms with Crippen LogP contribution in [0.5, 0.6) is 5.75 Å². The first-order chi connectivity index (χ1) is 9.19. The van der Waals surface area contributed by atoms with Gasteiger partial charge in [-0.1, -0.05) is 50.2 Å². The van der Waals surface area contributed by atoms with Gasteiger partial charge in [0.2, 0.25) is 0 Å². The minimum atomic E-state index is 0.518. The first-order valence-corrected chi connectivity index (χ1v) is 6.69. The molecule has 0 bridgehead atoms. The predicted octanol–water partition coefficient (Wildman–Crippen LogP) is 3.85. The molecular weight excluding hydrogens is 234 g/mol. The molecule has 2 aromatic rings. The van der Waals surface area contributed by atoms with Crippen molar-refractivity contribution in [3.8, 4) is 5.75 Å². The Bertz CT molecular complexity index is 534. The summed E-state index contributed by atoms with van der Waals surface area (Å²) < 4.78 is 5.84. The van der Waals surface area contributed by atoms with Gasteiger partial charge >= 0.3 is 0 Å². The Balaban J connectivity index is 2.03. The van der Waals surface area contributed by atoms with Crippen LogP contribution < -0.4 is 10.5 Å². The van der Waals surface area contributed by atoms with Crippen molar-refractivity contribution in [1.29, 1.82) is 0 Å². The van der Waals surface area contributed by atoms with Crippen LogP contribution in [0.15, 0.2) is 48.5 Å². The van der Waals surface area contributed by atoms with Crippen LogP contribution in [0.4, 0.5) is 0 Å². The summed E-state index contributed by atoms with van der Waals surface area (Å²) >= 11 is 0. The monoisotopic (exact) mass is 255 g/mol. The van der Waals surface area contributed by atoms with E-state index in [4.69, 9.17) is 10.5 Å². The first kappa shape index (κ1) is 13.6. The minimum absolute atomic E-state index is 0.518. The van der Waals surface area contributed by atoms with Gasteiger partial charge in [0.05, 0.1) is 0 Å². The number of benzene rings is 2. The van der Waals surface area contributed by atoms with Crippen LogP contribution in [-0.2, 0) is 13.2 Å². The summed E-state index contributed by atoms with van der Waals surface area (Å²) in [5.74, 6) is 1.44. The molecule has 0 aliphatic rings. The van der Waals surface area contributed by atoms with Crippen molar-refractivity contribution in [2.24, 2.45) is 5.73 Å². The molecule has 0 radical (unpaired) electrons. The molecule has 2 nitrogen and oxygen atoms in total. The lowest BCUT2D eigenvalue weighted by atomic mass is 10.0. The fourth-order valence-corrected chi connectivity index (χ4v) is 1.98. The molecule has 2 heteroatoms. The van der Waals surface area contributed by atoms with E-state index in [0.717, 1.165) is 16.9 Å². The van der Waals surface area contributed by atoms with Crippen molar-refractivity contribution in [2.45, 2.75) is 32.9 Å². The van der Waals surface area contributed by atoms with E-state index >= 15 is 0 Å². The zero-order chi connectivity index (χ0) is 13.7. The quantitative estimate of drug-likeness (QED) is 0.880. The van der Waals surface area contributed by atoms with E-state index in [9.17, 15) is 0 Å². The molecule has 100 valence electrons. The van der Waals surface area contributed by atoms with Crippen LogP contribution in [0.1, 0.15) is 36.5 Å². The molecule has 19 heavy (non-hydrogen) atoms. The smallest absolute Gasteiger partial charge is 0.120 e. The summed E-state index contributed by atoms with van der Waals surface area (Å²) in [7, 11) is 0. The highest BCUT2D eigenvalue weighted by Crippen LogP contribution is 2.21. The van der Waals surface area contributed by atoms with E-state index in [1.807, 2.05) is 24.3 Å². The van der Waals surface area contributed by atoms with Gasteiger partial charge in [-0.05, 0) is 34.7 Å². The molecule has 0 aromatic heterocycles. The molecule has 0 unspecified atom stereocenters. The van der Waals surface area contributed by atoms with Gasteiger partial charge in [-0.15, -0.1) is 0 Å². The van der Waals surface area contributed by atoms with Gasteiger partial charge in [-0.2, -0.15) is 0 Å². The van der Waals surface area contributed by atoms with Gasteiger partial charge in [0.1, 0.15) is 12.4 Å². The number of nitrogens with two attached hydrogens (primary N) is 1. The van der Waals surface area contributed by atoms with Gasteiger partial charge in [0.25, 0.3) is 0 Å². The average molecular weight is 255 g/mol. The fraction of sp³-hybridized carbons (Fsp3) is 0.294. The molecule has 2 rings (SSSR count). The third-order valence-corrected chi connectivity index (χ3v) is 3.16. The van der Waals surface area contributed by atoms with E-state index in [1.54, 1.807) is 0 Å². The summed E-state index contributed by atoms with van der Waals surface area (Å²) in [6.45, 7) is 5.51. The fourth-order valence-electron chi connectivity index (χ4n) is 1.98. The van der Waals surface area contributed by atoms with E-state index in [-0.39, 0.29) is 0 Å². The lowest BCUT2D eigenvalue weighted by Crippen LogP contribution is -2.00. The Labute approximate surface area is 115 Å². The lowest BCUT2D eigenvalue weighted by molar-refractivity contribution is 0.305. The maximum absolute atomic E-state index is 5.84. The second-order valence-corrected chi connectivity index (χ2v) is 5.04. The van der Waals surface area contributed by atoms with Crippen LogP contribution in [0.2, 0.25) is 0 Å². The molecule has 0 saturated heterocycles. The number of hydrogen-bond acceptors (Lipinski definition) is 2. The highest BCUT2D eigenvalue weighted by Gasteiger charge is 2.02. The summed E-state index contributed by atoms with van der Waals surface area (Å²) in [6, 6.07) is 16.5. The molecule has 0 amide bonds. The van der Waals surface area contributed by atoms with Crippen molar-refractivity contribution in [3.63, 3.8) is 0 Å². The van der Waals surface area contributed by atoms with E-state index in [0.29, 0.717) is 19.1 Å². The van der Waals surface area contributed by atoms with Crippen molar-refractivity contribution < 1.29 is 4.74 Å². The normalized spacial score (nSPS) is 10.7. The molecular formula is C17H21NO. The zero-order valence-corrected chi connectivity index (χ0v) is 11.6. The van der Waals surface area contributed by atoms with E-state index < -0.39 is 0 Å². The minimum Gasteiger partial charge on any atom is -0.489 e. The molecule has 2 aromatic carbocycles. The topological polar surface area (TPSA) is 35.2 Å². The summed E-state index contributed by atoms with van der Waals surface area (Å²) in [5.41, 5.74) is 9.22. The molecule has 0 aliphatic carbocycles. The molecule has 0 fully saturated rings. The van der Waals surface area contributed by atoms with Gasteiger partial charge in [0, 0.05) is 6.54 Å². The maximum Gasteiger partial charge on any atom is 0.120 e. The van der Waals surface area contributed by atoms with E-state index in [1.165, 1.54) is 5.56 Å². The summed E-state index contributed by atoms with van der Waals surface area (Å²) in [4.78, 5) is 0. The summed E-state index contributed by atoms with van der Waals surface area (Å²) in [6.07, 6.45) is 0. The van der Waals surface area contributed by atoms with Crippen LogP contribution in [0.3, 0.4) is 0 Å². The Morgan fingerprint density at radius 1 is 1.00 bits per heavy atom. The third-order valence-electron chi connectivity index (χ3n) is 3.16. The third kappa shape index (κ3) is 3.83. The van der Waals surface area contributed by atoms with Crippen LogP contribution >= 0.6 is 0 Å². The molecule has 0 saturated carbocycles. The maximum atomic E-state index is 5.84. The molecule has 2 N–H and O–H groups in total. The average Bonchev–Trinajstić information content (AvgIpc) is 2.45. The SMILES string of the molecule is CC(C)c1cccc(OCc2cccc(CN)c2)c1. The highest BCUT2D eigenvalue weighted by molar-refractivity contribution is 5.31. The largest absolute Gasteiger partial charge is 0.489 e. The lowest BCUT2D eigenvalue weighted by Gasteiger charge is -2.10. The highest BCUT2D eigenvalue weighted by atomic mass is 16.5. The number of ether oxygens (including phenoxy) is 1. The van der Waals surface area contributed by atoms with Gasteiger partial charge in [-0.3, -0.25) is 0 Å². The van der Waals surface area contributed by atoms with Crippen LogP contribution in [0, 0.1) is 0 Å². The van der Waals surface area contributed by atoms with Crippen molar-refractivity contribution in [2.75, 3.05) is 0 Å². The van der Waals surface area contributed by atoms with E-state index in [2.05, 4.69) is 38.1 Å². The Morgan fingerprint density at radius 2 is 1.74 bits per heavy atom. The van der Waals surface area contributed by atoms with Crippen LogP contribution in [0.25, 0.3) is 0 Å². The predicted molar refractivity (Wildman–Crippen MR) is 79.2 cm³/mol. The Hall–Kier alpha value is -1.80. The molecule has 0 heterocycles. The molecule has 0 spiro atoms. The Morgan fingerprint density at radius 3 is 2.47 bits per heavy atom. The first-order valence-electron chi connectivity index (χ1n) is 6.69.